The molecule has 0 radical (unpaired) electrons. The lowest BCUT2D eigenvalue weighted by atomic mass is 9.77. The average Bonchev–Trinajstić information content (AvgIpc) is 3.42. The molecule has 8 heteroatoms. The number of anilines is 1. The molecule has 3 aromatic carbocycles. The molecule has 35 heavy (non-hydrogen) atoms. The molecule has 6 nitrogen and oxygen atoms in total. The van der Waals surface area contributed by atoms with E-state index < -0.39 is 46.9 Å². The highest BCUT2D eigenvalue weighted by Crippen LogP contribution is 2.58. The molecular weight excluding hydrogens is 489 g/mol. The van der Waals surface area contributed by atoms with Crippen LogP contribution in [0.4, 0.5) is 5.69 Å². The summed E-state index contributed by atoms with van der Waals surface area (Å²) in [6, 6.07) is 18.0. The number of hydrogen-bond donors (Lipinski definition) is 0. The number of benzene rings is 3. The van der Waals surface area contributed by atoms with Gasteiger partial charge in [-0.15, -0.1) is 0 Å². The Morgan fingerprint density at radius 2 is 1.43 bits per heavy atom. The molecule has 0 N–H and O–H groups in total. The van der Waals surface area contributed by atoms with E-state index in [9.17, 15) is 19.2 Å². The monoisotopic (exact) mass is 505 g/mol. The molecule has 0 bridgehead atoms. The van der Waals surface area contributed by atoms with Crippen molar-refractivity contribution < 1.29 is 23.9 Å². The van der Waals surface area contributed by atoms with E-state index in [-0.39, 0.29) is 16.1 Å². The van der Waals surface area contributed by atoms with E-state index in [0.717, 1.165) is 10.5 Å². The molecule has 3 aromatic rings. The maximum Gasteiger partial charge on any atom is 0.241 e. The van der Waals surface area contributed by atoms with Crippen molar-refractivity contribution in [2.24, 2.45) is 11.8 Å². The van der Waals surface area contributed by atoms with Crippen molar-refractivity contribution in [1.29, 1.82) is 0 Å². The fourth-order valence-corrected chi connectivity index (χ4v) is 5.76. The minimum absolute atomic E-state index is 0.181. The number of aryl methyl sites for hydroxylation is 1. The second-order valence-electron chi connectivity index (χ2n) is 9.00. The Hall–Kier alpha value is -3.32. The molecule has 0 unspecified atom stereocenters. The number of ether oxygens (including phenoxy) is 1. The van der Waals surface area contributed by atoms with Gasteiger partial charge in [0.25, 0.3) is 0 Å². The molecule has 3 atom stereocenters. The van der Waals surface area contributed by atoms with Gasteiger partial charge in [0.2, 0.25) is 29.0 Å². The molecule has 2 amide bonds. The number of carbonyl (C=O) groups is 4. The first-order chi connectivity index (χ1) is 16.8. The topological polar surface area (TPSA) is 80.8 Å². The van der Waals surface area contributed by atoms with E-state index in [0.29, 0.717) is 16.3 Å². The van der Waals surface area contributed by atoms with Crippen LogP contribution < -0.4 is 4.90 Å². The number of amides is 2. The highest BCUT2D eigenvalue weighted by molar-refractivity contribution is 6.42. The molecule has 6 rings (SSSR count). The van der Waals surface area contributed by atoms with E-state index in [4.69, 9.17) is 27.9 Å². The number of Topliss-reactive ketones (excluding diaryl/α,β-unsaturated/α-hetero) is 2. The number of ketones is 2. The van der Waals surface area contributed by atoms with E-state index in [2.05, 4.69) is 0 Å². The summed E-state index contributed by atoms with van der Waals surface area (Å²) in [6.45, 7) is 1.89. The summed E-state index contributed by atoms with van der Waals surface area (Å²) < 4.78 is 6.24. The molecule has 2 aliphatic heterocycles. The van der Waals surface area contributed by atoms with Crippen LogP contribution in [0.25, 0.3) is 0 Å². The Bertz CT molecular complexity index is 1430. The van der Waals surface area contributed by atoms with E-state index >= 15 is 0 Å². The first-order valence-corrected chi connectivity index (χ1v) is 11.8. The van der Waals surface area contributed by atoms with Gasteiger partial charge in [-0.1, -0.05) is 71.2 Å². The van der Waals surface area contributed by atoms with Gasteiger partial charge in [-0.3, -0.25) is 19.2 Å². The maximum absolute atomic E-state index is 13.9. The molecule has 174 valence electrons. The highest BCUT2D eigenvalue weighted by Gasteiger charge is 2.74. The summed E-state index contributed by atoms with van der Waals surface area (Å²) in [5.41, 5.74) is 0.0172. The van der Waals surface area contributed by atoms with Crippen LogP contribution in [0.1, 0.15) is 37.9 Å². The molecule has 2 fully saturated rings. The molecule has 2 saturated heterocycles. The van der Waals surface area contributed by atoms with Crippen LogP contribution >= 0.6 is 23.2 Å². The lowest BCUT2D eigenvalue weighted by molar-refractivity contribution is -0.127. The smallest absolute Gasteiger partial charge is 0.241 e. The van der Waals surface area contributed by atoms with Crippen LogP contribution in [0.5, 0.6) is 0 Å². The molecule has 1 aliphatic carbocycles. The molecule has 3 aliphatic rings. The third-order valence-corrected chi connectivity index (χ3v) is 7.82. The SMILES string of the molecule is Cc1ccc(N2C(=O)[C@@H]3[C@@H](C2=O)C2(O[C@H]3c3ccc(Cl)c(Cl)c3)C(=O)c3ccccc3C2=O)cc1. The van der Waals surface area contributed by atoms with Crippen LogP contribution in [0.2, 0.25) is 10.0 Å². The standard InChI is InChI=1S/C27H17Cl2NO5/c1-13-6-9-15(10-7-13)30-25(33)20-21(26(30)34)27(23(31)16-4-2-3-5-17(16)24(27)32)35-22(20)14-8-11-18(28)19(29)12-14/h2-12,20-22H,1H3/t20-,21+,22+/m1/s1. The Balaban J connectivity index is 1.55. The van der Waals surface area contributed by atoms with Gasteiger partial charge in [0.15, 0.2) is 0 Å². The molecule has 2 heterocycles. The maximum atomic E-state index is 13.9. The molecular formula is C27H17Cl2NO5. The van der Waals surface area contributed by atoms with Gasteiger partial charge in [0, 0.05) is 11.1 Å². The van der Waals surface area contributed by atoms with Crippen LogP contribution in [0.15, 0.2) is 66.7 Å². The molecule has 0 saturated carbocycles. The van der Waals surface area contributed by atoms with E-state index in [1.807, 2.05) is 6.92 Å². The van der Waals surface area contributed by atoms with Crippen molar-refractivity contribution in [2.45, 2.75) is 18.6 Å². The first-order valence-electron chi connectivity index (χ1n) is 11.0. The minimum atomic E-state index is -2.13. The zero-order chi connectivity index (χ0) is 24.6. The van der Waals surface area contributed by atoms with Crippen molar-refractivity contribution in [3.8, 4) is 0 Å². The lowest BCUT2D eigenvalue weighted by Gasteiger charge is -2.27. The molecule has 0 aromatic heterocycles. The van der Waals surface area contributed by atoms with Gasteiger partial charge in [-0.25, -0.2) is 4.90 Å². The predicted molar refractivity (Wildman–Crippen MR) is 129 cm³/mol. The number of imide groups is 1. The first kappa shape index (κ1) is 22.2. The summed E-state index contributed by atoms with van der Waals surface area (Å²) >= 11 is 12.3. The van der Waals surface area contributed by atoms with Crippen molar-refractivity contribution in [3.63, 3.8) is 0 Å². The predicted octanol–water partition coefficient (Wildman–Crippen LogP) is 5.00. The van der Waals surface area contributed by atoms with Gasteiger partial charge in [-0.2, -0.15) is 0 Å². The molecule has 1 spiro atoms. The van der Waals surface area contributed by atoms with Gasteiger partial charge >= 0.3 is 0 Å². The number of rotatable bonds is 2. The number of hydrogen-bond acceptors (Lipinski definition) is 5. The van der Waals surface area contributed by atoms with Crippen LogP contribution in [0, 0.1) is 18.8 Å². The fraction of sp³-hybridized carbons (Fsp3) is 0.185. The lowest BCUT2D eigenvalue weighted by Crippen LogP contribution is -2.51. The van der Waals surface area contributed by atoms with Crippen LogP contribution in [-0.2, 0) is 14.3 Å². The fourth-order valence-electron chi connectivity index (χ4n) is 5.46. The Labute approximate surface area is 210 Å². The Morgan fingerprint density at radius 1 is 0.800 bits per heavy atom. The minimum Gasteiger partial charge on any atom is -0.349 e. The van der Waals surface area contributed by atoms with Gasteiger partial charge in [0.05, 0.1) is 33.7 Å². The quantitative estimate of drug-likeness (QED) is 0.361. The largest absolute Gasteiger partial charge is 0.349 e. The van der Waals surface area contributed by atoms with Crippen molar-refractivity contribution in [1.82, 2.24) is 0 Å². The second kappa shape index (κ2) is 7.59. The Kier molecular flexibility index (Phi) is 4.81. The highest BCUT2D eigenvalue weighted by atomic mass is 35.5. The summed E-state index contributed by atoms with van der Waals surface area (Å²) in [5, 5.41) is 0.528. The van der Waals surface area contributed by atoms with E-state index in [1.54, 1.807) is 48.5 Å². The normalized spacial score (nSPS) is 24.4. The van der Waals surface area contributed by atoms with Crippen molar-refractivity contribution >= 4 is 52.3 Å². The third-order valence-electron chi connectivity index (χ3n) is 7.08. The third kappa shape index (κ3) is 2.88. The van der Waals surface area contributed by atoms with Crippen molar-refractivity contribution in [2.75, 3.05) is 4.90 Å². The zero-order valence-corrected chi connectivity index (χ0v) is 19.8. The van der Waals surface area contributed by atoms with Crippen LogP contribution in [-0.4, -0.2) is 29.0 Å². The van der Waals surface area contributed by atoms with Crippen LogP contribution in [0.3, 0.4) is 0 Å². The summed E-state index contributed by atoms with van der Waals surface area (Å²) in [5.74, 6) is -4.80. The van der Waals surface area contributed by atoms with Crippen molar-refractivity contribution in [3.05, 3.63) is 99.0 Å². The second-order valence-corrected chi connectivity index (χ2v) is 9.82. The summed E-state index contributed by atoms with van der Waals surface area (Å²) in [4.78, 5) is 56.2. The zero-order valence-electron chi connectivity index (χ0n) is 18.3. The number of nitrogens with zero attached hydrogens (tertiary/aromatic N) is 1. The van der Waals surface area contributed by atoms with E-state index in [1.165, 1.54) is 18.2 Å². The number of halogens is 2. The Morgan fingerprint density at radius 3 is 2.03 bits per heavy atom. The summed E-state index contributed by atoms with van der Waals surface area (Å²) in [6.07, 6.45) is -1.05. The average molecular weight is 506 g/mol. The van der Waals surface area contributed by atoms with Gasteiger partial charge < -0.3 is 4.74 Å². The number of fused-ring (bicyclic) bond motifs is 3. The number of carbonyl (C=O) groups excluding carboxylic acids is 4. The summed E-state index contributed by atoms with van der Waals surface area (Å²) in [7, 11) is 0. The van der Waals surface area contributed by atoms with Gasteiger partial charge in [0.1, 0.15) is 0 Å². The van der Waals surface area contributed by atoms with Gasteiger partial charge in [-0.05, 0) is 36.8 Å².